The van der Waals surface area contributed by atoms with Gasteiger partial charge >= 0.3 is 0 Å². The van der Waals surface area contributed by atoms with Gasteiger partial charge in [-0.05, 0) is 38.8 Å². The number of sulfonamides is 1. The molecule has 0 unspecified atom stereocenters. The Morgan fingerprint density at radius 1 is 1.13 bits per heavy atom. The molecule has 0 spiro atoms. The summed E-state index contributed by atoms with van der Waals surface area (Å²) >= 11 is 1.60. The van der Waals surface area contributed by atoms with Crippen LogP contribution in [0.15, 0.2) is 36.9 Å². The lowest BCUT2D eigenvalue weighted by atomic mass is 10.3. The quantitative estimate of drug-likeness (QED) is 0.247. The molecule has 2 N–H and O–H groups in total. The number of hydrogen-bond acceptors (Lipinski definition) is 11. The van der Waals surface area contributed by atoms with Gasteiger partial charge in [-0.1, -0.05) is 0 Å². The van der Waals surface area contributed by atoms with Crippen LogP contribution >= 0.6 is 11.3 Å². The van der Waals surface area contributed by atoms with Crippen molar-refractivity contribution in [1.29, 1.82) is 0 Å². The van der Waals surface area contributed by atoms with E-state index in [1.54, 1.807) is 56.3 Å². The maximum Gasteiger partial charge on any atom is 0.235 e. The van der Waals surface area contributed by atoms with Gasteiger partial charge in [-0.3, -0.25) is 19.5 Å². The Kier molecular flexibility index (Phi) is 13.6. The minimum atomic E-state index is -3.25. The van der Waals surface area contributed by atoms with Crippen LogP contribution in [0.1, 0.15) is 30.5 Å². The molecule has 14 heteroatoms. The highest BCUT2D eigenvalue weighted by molar-refractivity contribution is 7.93. The number of carbonyl (C=O) groups is 1. The van der Waals surface area contributed by atoms with Crippen LogP contribution < -0.4 is 14.8 Å². The number of hydrogen-bond donors (Lipinski definition) is 2. The topological polar surface area (TPSA) is 155 Å². The summed E-state index contributed by atoms with van der Waals surface area (Å²) in [5, 5.41) is 3.23. The van der Waals surface area contributed by atoms with E-state index in [0.717, 1.165) is 28.4 Å². The molecule has 38 heavy (non-hydrogen) atoms. The van der Waals surface area contributed by atoms with Crippen LogP contribution in [0, 0.1) is 6.92 Å². The Balaban J connectivity index is 0.000000222. The van der Waals surface area contributed by atoms with Crippen molar-refractivity contribution in [2.24, 2.45) is 0 Å². The Morgan fingerprint density at radius 3 is 2.45 bits per heavy atom. The molecule has 1 aliphatic rings. The van der Waals surface area contributed by atoms with Crippen LogP contribution in [0.4, 0.5) is 5.69 Å². The van der Waals surface area contributed by atoms with E-state index in [1.807, 2.05) is 13.8 Å². The second-order valence-electron chi connectivity index (χ2n) is 7.79. The molecule has 3 aromatic heterocycles. The average molecular weight is 567 g/mol. The van der Waals surface area contributed by atoms with Gasteiger partial charge in [-0.15, -0.1) is 11.3 Å². The molecule has 3 aromatic rings. The van der Waals surface area contributed by atoms with Gasteiger partial charge in [0.2, 0.25) is 22.3 Å². The number of pyridine rings is 1. The zero-order valence-electron chi connectivity index (χ0n) is 21.9. The highest BCUT2D eigenvalue weighted by Gasteiger charge is 2.35. The first-order valence-electron chi connectivity index (χ1n) is 11.8. The molecule has 1 aliphatic carbocycles. The van der Waals surface area contributed by atoms with Gasteiger partial charge < -0.3 is 19.5 Å². The predicted octanol–water partition coefficient (Wildman–Crippen LogP) is 2.82. The van der Waals surface area contributed by atoms with E-state index in [-0.39, 0.29) is 11.8 Å². The molecular weight excluding hydrogens is 532 g/mol. The number of anilines is 1. The van der Waals surface area contributed by atoms with Crippen LogP contribution in [0.2, 0.25) is 0 Å². The summed E-state index contributed by atoms with van der Waals surface area (Å²) in [6.07, 6.45) is 8.66. The summed E-state index contributed by atoms with van der Waals surface area (Å²) < 4.78 is 40.5. The first-order chi connectivity index (χ1) is 18.3. The first-order valence-corrected chi connectivity index (χ1v) is 14.2. The average Bonchev–Trinajstić information content (AvgIpc) is 3.69. The highest BCUT2D eigenvalue weighted by Crippen LogP contribution is 2.29. The number of thiazole rings is 1. The molecule has 0 aromatic carbocycles. The maximum absolute atomic E-state index is 11.7. The van der Waals surface area contributed by atoms with E-state index in [2.05, 4.69) is 39.4 Å². The Labute approximate surface area is 227 Å². The van der Waals surface area contributed by atoms with Crippen molar-refractivity contribution in [2.75, 3.05) is 38.8 Å². The monoisotopic (exact) mass is 566 g/mol. The van der Waals surface area contributed by atoms with Crippen LogP contribution in [-0.2, 0) is 30.8 Å². The van der Waals surface area contributed by atoms with Gasteiger partial charge in [-0.25, -0.2) is 18.4 Å². The van der Waals surface area contributed by atoms with E-state index in [0.29, 0.717) is 43.5 Å². The molecule has 4 rings (SSSR count). The molecule has 0 saturated heterocycles. The maximum atomic E-state index is 11.7. The molecule has 12 nitrogen and oxygen atoms in total. The Hall–Kier alpha value is -3.20. The van der Waals surface area contributed by atoms with Crippen LogP contribution in [-0.4, -0.2) is 74.1 Å². The third kappa shape index (κ3) is 11.5. The number of ether oxygens (including phenoxy) is 3. The van der Waals surface area contributed by atoms with E-state index in [9.17, 15) is 13.2 Å². The summed E-state index contributed by atoms with van der Waals surface area (Å²) in [5.41, 5.74) is 1.90. The van der Waals surface area contributed by atoms with Gasteiger partial charge in [0, 0.05) is 26.6 Å². The van der Waals surface area contributed by atoms with Gasteiger partial charge in [0.1, 0.15) is 5.69 Å². The lowest BCUT2D eigenvalue weighted by molar-refractivity contribution is -0.109. The summed E-state index contributed by atoms with van der Waals surface area (Å²) in [6, 6.07) is 3.20. The summed E-state index contributed by atoms with van der Waals surface area (Å²) in [5.74, 6) is 0.557. The van der Waals surface area contributed by atoms with Crippen molar-refractivity contribution in [3.05, 3.63) is 47.6 Å². The van der Waals surface area contributed by atoms with Crippen molar-refractivity contribution >= 4 is 33.5 Å². The molecule has 0 bridgehead atoms. The smallest absolute Gasteiger partial charge is 0.235 e. The highest BCUT2D eigenvalue weighted by atomic mass is 32.2. The number of amides is 1. The first kappa shape index (κ1) is 31.0. The summed E-state index contributed by atoms with van der Waals surface area (Å²) in [7, 11) is 0.0585. The van der Waals surface area contributed by atoms with Crippen LogP contribution in [0.5, 0.6) is 5.88 Å². The number of methoxy groups -OCH3 is 2. The number of aryl methyl sites for hydroxylation is 1. The van der Waals surface area contributed by atoms with Crippen LogP contribution in [0.3, 0.4) is 0 Å². The van der Waals surface area contributed by atoms with Gasteiger partial charge in [0.05, 0.1) is 65.3 Å². The molecule has 208 valence electrons. The predicted molar refractivity (Wildman–Crippen MR) is 146 cm³/mol. The molecular formula is C24H34N6O6S2. The summed E-state index contributed by atoms with van der Waals surface area (Å²) in [4.78, 5) is 27.8. The molecule has 1 amide bonds. The lowest BCUT2D eigenvalue weighted by Gasteiger charge is -2.07. The standard InChI is InChI=1S/C10H13N3O3S.C10H11N3OS.C4H10O2/c14-7-11-6-9-5-8(3-4-12-9)13-17(15,16)10-1-2-10;1-3-14-10-6-11-4-8(13-10)9-5-12-7(2)15-9;1-5-3-4-6-2/h3-5,7,10H,1-2,6H2,(H,11,14)(H,12,13);4-6H,3H2,1-2H3;3-4H2,1-2H3. The van der Waals surface area contributed by atoms with E-state index >= 15 is 0 Å². The van der Waals surface area contributed by atoms with Crippen molar-refractivity contribution in [3.63, 3.8) is 0 Å². The number of nitrogens with zero attached hydrogens (tertiary/aromatic N) is 4. The zero-order valence-corrected chi connectivity index (χ0v) is 23.5. The van der Waals surface area contributed by atoms with Crippen molar-refractivity contribution < 1.29 is 27.4 Å². The van der Waals surface area contributed by atoms with Gasteiger partial charge in [-0.2, -0.15) is 0 Å². The molecule has 0 atom stereocenters. The second kappa shape index (κ2) is 16.6. The minimum absolute atomic E-state index is 0.257. The normalized spacial score (nSPS) is 12.3. The van der Waals surface area contributed by atoms with Crippen LogP contribution in [0.25, 0.3) is 10.6 Å². The van der Waals surface area contributed by atoms with Gasteiger partial charge in [0.15, 0.2) is 0 Å². The third-order valence-corrected chi connectivity index (χ3v) is 7.48. The molecule has 0 aliphatic heterocycles. The largest absolute Gasteiger partial charge is 0.477 e. The van der Waals surface area contributed by atoms with Crippen molar-refractivity contribution in [1.82, 2.24) is 25.3 Å². The molecule has 1 fully saturated rings. The van der Waals surface area contributed by atoms with E-state index in [1.165, 1.54) is 6.20 Å². The number of nitrogens with one attached hydrogen (secondary N) is 2. The van der Waals surface area contributed by atoms with E-state index < -0.39 is 10.0 Å². The SMILES string of the molecule is CCOc1cncc(-c2cnc(C)s2)n1.COCCOC.O=CNCc1cc(NS(=O)(=O)C2CC2)ccn1. The Bertz CT molecular complexity index is 1220. The third-order valence-electron chi connectivity index (χ3n) is 4.68. The molecule has 3 heterocycles. The van der Waals surface area contributed by atoms with E-state index in [4.69, 9.17) is 4.74 Å². The summed E-state index contributed by atoms with van der Waals surface area (Å²) in [6.45, 7) is 6.15. The van der Waals surface area contributed by atoms with Crippen molar-refractivity contribution in [3.8, 4) is 16.5 Å². The number of aromatic nitrogens is 4. The lowest BCUT2D eigenvalue weighted by Crippen LogP contribution is -2.18. The zero-order chi connectivity index (χ0) is 27.8. The molecule has 1 saturated carbocycles. The number of carbonyl (C=O) groups excluding carboxylic acids is 1. The Morgan fingerprint density at radius 2 is 1.87 bits per heavy atom. The minimum Gasteiger partial charge on any atom is -0.477 e. The second-order valence-corrected chi connectivity index (χ2v) is 11.0. The number of rotatable bonds is 12. The van der Waals surface area contributed by atoms with Crippen molar-refractivity contribution in [2.45, 2.75) is 38.5 Å². The molecule has 0 radical (unpaired) electrons. The fraction of sp³-hybridized carbons (Fsp3) is 0.458. The van der Waals surface area contributed by atoms with Gasteiger partial charge in [0.25, 0.3) is 0 Å². The fourth-order valence-corrected chi connectivity index (χ4v) is 4.85. The fourth-order valence-electron chi connectivity index (χ4n) is 2.74.